The normalized spacial score (nSPS) is 11.5. The van der Waals surface area contributed by atoms with Crippen LogP contribution in [-0.2, 0) is 15.6 Å². The first kappa shape index (κ1) is 14.5. The van der Waals surface area contributed by atoms with Crippen LogP contribution >= 0.6 is 0 Å². The fourth-order valence-electron chi connectivity index (χ4n) is 1.60. The first-order valence-electron chi connectivity index (χ1n) is 5.93. The average Bonchev–Trinajstić information content (AvgIpc) is 2.83. The van der Waals surface area contributed by atoms with Crippen molar-refractivity contribution in [1.29, 1.82) is 0 Å². The molecule has 1 aromatic carbocycles. The van der Waals surface area contributed by atoms with Crippen LogP contribution in [0.15, 0.2) is 28.8 Å². The van der Waals surface area contributed by atoms with E-state index in [2.05, 4.69) is 15.5 Å². The number of anilines is 1. The predicted molar refractivity (Wildman–Crippen MR) is 73.9 cm³/mol. The molecule has 0 aliphatic heterocycles. The topological polar surface area (TPSA) is 105 Å². The summed E-state index contributed by atoms with van der Waals surface area (Å²) in [6, 6.07) is 7.17. The number of aromatic nitrogens is 2. The van der Waals surface area contributed by atoms with E-state index in [0.29, 0.717) is 12.1 Å². The Morgan fingerprint density at radius 3 is 2.60 bits per heavy atom. The Hall–Kier alpha value is -1.93. The molecule has 0 saturated heterocycles. The summed E-state index contributed by atoms with van der Waals surface area (Å²) in [5, 5.41) is 15.4. The lowest BCUT2D eigenvalue weighted by Gasteiger charge is -2.03. The van der Waals surface area contributed by atoms with E-state index in [-0.39, 0.29) is 24.1 Å². The lowest BCUT2D eigenvalue weighted by atomic mass is 10.2. The zero-order valence-electron chi connectivity index (χ0n) is 10.9. The Bertz CT molecular complexity index is 664. The number of hydrogen-bond acceptors (Lipinski definition) is 7. The quantitative estimate of drug-likeness (QED) is 0.807. The van der Waals surface area contributed by atoms with Gasteiger partial charge in [0.25, 0.3) is 5.89 Å². The Balaban J connectivity index is 2.12. The number of hydrogen-bond donors (Lipinski definition) is 2. The minimum atomic E-state index is -3.18. The Morgan fingerprint density at radius 1 is 1.30 bits per heavy atom. The molecule has 2 N–H and O–H groups in total. The van der Waals surface area contributed by atoms with Gasteiger partial charge in [0.05, 0.1) is 6.61 Å². The minimum Gasteiger partial charge on any atom is -0.395 e. The summed E-state index contributed by atoms with van der Waals surface area (Å²) >= 11 is 0. The third kappa shape index (κ3) is 4.04. The SMILES string of the molecule is CS(=O)(=O)Cc1noc(-c2ccc(NCCO)cc2)n1. The van der Waals surface area contributed by atoms with Gasteiger partial charge in [-0.2, -0.15) is 4.98 Å². The molecule has 108 valence electrons. The highest BCUT2D eigenvalue weighted by atomic mass is 32.2. The number of benzene rings is 1. The van der Waals surface area contributed by atoms with Crippen molar-refractivity contribution in [1.82, 2.24) is 10.1 Å². The van der Waals surface area contributed by atoms with E-state index in [1.807, 2.05) is 12.1 Å². The molecule has 2 rings (SSSR count). The molecule has 0 unspecified atom stereocenters. The van der Waals surface area contributed by atoms with Crippen molar-refractivity contribution in [3.8, 4) is 11.5 Å². The molecule has 0 radical (unpaired) electrons. The monoisotopic (exact) mass is 297 g/mol. The zero-order chi connectivity index (χ0) is 14.6. The van der Waals surface area contributed by atoms with Crippen LogP contribution in [0.3, 0.4) is 0 Å². The van der Waals surface area contributed by atoms with Gasteiger partial charge >= 0.3 is 0 Å². The van der Waals surface area contributed by atoms with Crippen LogP contribution in [0.4, 0.5) is 5.69 Å². The second kappa shape index (κ2) is 6.02. The van der Waals surface area contributed by atoms with Gasteiger partial charge in [-0.1, -0.05) is 5.16 Å². The van der Waals surface area contributed by atoms with Gasteiger partial charge in [0.1, 0.15) is 5.75 Å². The van der Waals surface area contributed by atoms with Crippen LogP contribution in [-0.4, -0.2) is 43.1 Å². The maximum atomic E-state index is 11.1. The van der Waals surface area contributed by atoms with Crippen LogP contribution < -0.4 is 5.32 Å². The molecule has 7 nitrogen and oxygen atoms in total. The highest BCUT2D eigenvalue weighted by Crippen LogP contribution is 2.20. The van der Waals surface area contributed by atoms with Crippen LogP contribution in [0, 0.1) is 0 Å². The van der Waals surface area contributed by atoms with Gasteiger partial charge in [-0.3, -0.25) is 0 Å². The molecule has 0 amide bonds. The molecule has 0 aliphatic rings. The molecule has 1 heterocycles. The molecular formula is C12H15N3O4S. The predicted octanol–water partition coefficient (Wildman–Crippen LogP) is 0.685. The summed E-state index contributed by atoms with van der Waals surface area (Å²) in [6.07, 6.45) is 1.12. The van der Waals surface area contributed by atoms with Crippen LogP contribution in [0.2, 0.25) is 0 Å². The zero-order valence-corrected chi connectivity index (χ0v) is 11.7. The number of aliphatic hydroxyl groups excluding tert-OH is 1. The molecule has 1 aromatic heterocycles. The molecule has 0 spiro atoms. The van der Waals surface area contributed by atoms with E-state index in [4.69, 9.17) is 9.63 Å². The average molecular weight is 297 g/mol. The fraction of sp³-hybridized carbons (Fsp3) is 0.333. The summed E-state index contributed by atoms with van der Waals surface area (Å²) in [6.45, 7) is 0.526. The number of nitrogens with one attached hydrogen (secondary N) is 1. The maximum absolute atomic E-state index is 11.1. The Labute approximate surface area is 116 Å². The highest BCUT2D eigenvalue weighted by molar-refractivity contribution is 7.89. The third-order valence-electron chi connectivity index (χ3n) is 2.43. The number of nitrogens with zero attached hydrogens (tertiary/aromatic N) is 2. The molecule has 8 heteroatoms. The Morgan fingerprint density at radius 2 is 2.00 bits per heavy atom. The van der Waals surface area contributed by atoms with Crippen LogP contribution in [0.1, 0.15) is 5.82 Å². The molecule has 0 atom stereocenters. The first-order valence-corrected chi connectivity index (χ1v) is 7.99. The van der Waals surface area contributed by atoms with Gasteiger partial charge in [-0.25, -0.2) is 8.42 Å². The molecule has 0 bridgehead atoms. The van der Waals surface area contributed by atoms with Gasteiger partial charge in [0.15, 0.2) is 15.7 Å². The van der Waals surface area contributed by atoms with Crippen molar-refractivity contribution in [2.75, 3.05) is 24.7 Å². The number of aliphatic hydroxyl groups is 1. The highest BCUT2D eigenvalue weighted by Gasteiger charge is 2.13. The van der Waals surface area contributed by atoms with E-state index in [1.165, 1.54) is 0 Å². The van der Waals surface area contributed by atoms with Gasteiger partial charge < -0.3 is 14.9 Å². The second-order valence-corrected chi connectivity index (χ2v) is 6.45. The molecule has 20 heavy (non-hydrogen) atoms. The molecular weight excluding hydrogens is 282 g/mol. The number of rotatable bonds is 6. The fourth-order valence-corrected chi connectivity index (χ4v) is 2.18. The van der Waals surface area contributed by atoms with Crippen LogP contribution in [0.25, 0.3) is 11.5 Å². The van der Waals surface area contributed by atoms with Crippen molar-refractivity contribution in [2.24, 2.45) is 0 Å². The third-order valence-corrected chi connectivity index (χ3v) is 3.21. The molecule has 0 saturated carbocycles. The summed E-state index contributed by atoms with van der Waals surface area (Å²) in [7, 11) is -3.18. The van der Waals surface area contributed by atoms with Gasteiger partial charge in [0.2, 0.25) is 0 Å². The van der Waals surface area contributed by atoms with Crippen molar-refractivity contribution in [2.45, 2.75) is 5.75 Å². The minimum absolute atomic E-state index is 0.0558. The van der Waals surface area contributed by atoms with Gasteiger partial charge in [-0.15, -0.1) is 0 Å². The van der Waals surface area contributed by atoms with Gasteiger partial charge in [0, 0.05) is 24.1 Å². The lowest BCUT2D eigenvalue weighted by Crippen LogP contribution is -2.04. The smallest absolute Gasteiger partial charge is 0.257 e. The van der Waals surface area contributed by atoms with Crippen molar-refractivity contribution in [3.05, 3.63) is 30.1 Å². The lowest BCUT2D eigenvalue weighted by molar-refractivity contribution is 0.311. The largest absolute Gasteiger partial charge is 0.395 e. The van der Waals surface area contributed by atoms with E-state index in [9.17, 15) is 8.42 Å². The maximum Gasteiger partial charge on any atom is 0.257 e. The summed E-state index contributed by atoms with van der Waals surface area (Å²) < 4.78 is 27.3. The van der Waals surface area contributed by atoms with E-state index in [0.717, 1.165) is 11.9 Å². The van der Waals surface area contributed by atoms with E-state index in [1.54, 1.807) is 12.1 Å². The van der Waals surface area contributed by atoms with Gasteiger partial charge in [-0.05, 0) is 24.3 Å². The summed E-state index contributed by atoms with van der Waals surface area (Å²) in [5.41, 5.74) is 1.56. The number of sulfone groups is 1. The Kier molecular flexibility index (Phi) is 4.35. The molecule has 0 fully saturated rings. The second-order valence-electron chi connectivity index (χ2n) is 4.31. The molecule has 0 aliphatic carbocycles. The summed E-state index contributed by atoms with van der Waals surface area (Å²) in [4.78, 5) is 4.04. The standard InChI is InChI=1S/C12H15N3O4S/c1-20(17,18)8-11-14-12(19-15-11)9-2-4-10(5-3-9)13-6-7-16/h2-5,13,16H,6-8H2,1H3. The van der Waals surface area contributed by atoms with E-state index < -0.39 is 9.84 Å². The summed E-state index contributed by atoms with van der Waals surface area (Å²) in [5.74, 6) is 0.175. The molecule has 2 aromatic rings. The van der Waals surface area contributed by atoms with E-state index >= 15 is 0 Å². The van der Waals surface area contributed by atoms with Crippen molar-refractivity contribution >= 4 is 15.5 Å². The van der Waals surface area contributed by atoms with Crippen molar-refractivity contribution in [3.63, 3.8) is 0 Å². The van der Waals surface area contributed by atoms with Crippen LogP contribution in [0.5, 0.6) is 0 Å². The first-order chi connectivity index (χ1) is 9.48. The van der Waals surface area contributed by atoms with Crippen molar-refractivity contribution < 1.29 is 18.0 Å².